The first-order valence-electron chi connectivity index (χ1n) is 18.6. The Morgan fingerprint density at radius 1 is 1.07 bits per heavy atom. The van der Waals surface area contributed by atoms with Gasteiger partial charge in [0.2, 0.25) is 25.9 Å². The van der Waals surface area contributed by atoms with E-state index in [4.69, 9.17) is 21.1 Å². The van der Waals surface area contributed by atoms with Crippen molar-refractivity contribution >= 4 is 66.0 Å². The first kappa shape index (κ1) is 42.2. The van der Waals surface area contributed by atoms with Gasteiger partial charge in [-0.25, -0.2) is 35.8 Å². The Kier molecular flexibility index (Phi) is 11.4. The van der Waals surface area contributed by atoms with Crippen LogP contribution in [0.3, 0.4) is 0 Å². The van der Waals surface area contributed by atoms with E-state index in [1.807, 2.05) is 0 Å². The molecule has 2 heterocycles. The van der Waals surface area contributed by atoms with E-state index in [2.05, 4.69) is 21.6 Å². The minimum Gasteiger partial charge on any atom is -0.494 e. The second kappa shape index (κ2) is 15.4. The summed E-state index contributed by atoms with van der Waals surface area (Å²) in [6.45, 7) is 11.0. The maximum Gasteiger partial charge on any atom is 0.328 e. The number of rotatable bonds is 13. The summed E-state index contributed by atoms with van der Waals surface area (Å²) in [4.78, 5) is 51.4. The van der Waals surface area contributed by atoms with Crippen LogP contribution in [0.5, 0.6) is 11.6 Å². The van der Waals surface area contributed by atoms with Crippen molar-refractivity contribution in [1.82, 2.24) is 23.8 Å². The number of methoxy groups -OCH3 is 1. The lowest BCUT2D eigenvalue weighted by Gasteiger charge is -2.40. The molecule has 18 heteroatoms. The number of hydrogen-bond donors (Lipinski definition) is 2. The quantitative estimate of drug-likeness (QED) is 0.220. The molecule has 2 N–H and O–H groups in total. The Morgan fingerprint density at radius 2 is 1.74 bits per heavy atom. The van der Waals surface area contributed by atoms with Gasteiger partial charge >= 0.3 is 6.03 Å². The molecule has 308 valence electrons. The highest BCUT2D eigenvalue weighted by Crippen LogP contribution is 2.52. The standard InChI is InChI=1S/C39H49ClN6O9S2/c1-9-24-20-39(24,36(48)43-56(50,51)28-15-16-28)46(35(47)33(38(3,4)5)42-26-11-13-29(14-12-26)57(52,53)44(6)7)37(49)45-22-27(18-23(45)2)55-34-31-19-25(40)10-17-30(31)32(54-8)21-41-34/h9-14,17,19,21,23-24,27-28,33,42H,1,15-16,18,20,22H2,2-8H3,(H,43,48)/t23?,24-,27-,33-,39-/m1/s1. The second-order valence-electron chi connectivity index (χ2n) is 16.2. The Balaban J connectivity index is 1.36. The minimum absolute atomic E-state index is 0.00575. The summed E-state index contributed by atoms with van der Waals surface area (Å²) in [5.74, 6) is -1.73. The lowest BCUT2D eigenvalue weighted by atomic mass is 9.85. The van der Waals surface area contributed by atoms with Crippen molar-refractivity contribution in [2.45, 2.75) is 87.3 Å². The van der Waals surface area contributed by atoms with Gasteiger partial charge in [-0.2, -0.15) is 0 Å². The number of aromatic nitrogens is 1. The molecule has 0 radical (unpaired) electrons. The van der Waals surface area contributed by atoms with Gasteiger partial charge in [-0.3, -0.25) is 14.3 Å². The SMILES string of the molecule is C=C[C@@H]1C[C@@]1(C(=O)NS(=O)(=O)C1CC1)N(C(=O)[C@@H](Nc1ccc(S(=O)(=O)N(C)C)cc1)C(C)(C)C)C(=O)N1C[C@H](Oc2ncc(OC)c3ccc(Cl)cc23)CC1C. The summed E-state index contributed by atoms with van der Waals surface area (Å²) < 4.78 is 66.9. The zero-order chi connectivity index (χ0) is 41.8. The van der Waals surface area contributed by atoms with Crippen LogP contribution in [0.15, 0.2) is 66.2 Å². The number of nitrogens with one attached hydrogen (secondary N) is 2. The molecule has 57 heavy (non-hydrogen) atoms. The van der Waals surface area contributed by atoms with Gasteiger partial charge in [0.05, 0.1) is 30.0 Å². The number of nitrogens with zero attached hydrogens (tertiary/aromatic N) is 4. The van der Waals surface area contributed by atoms with Gasteiger partial charge in [-0.05, 0) is 74.1 Å². The number of urea groups is 1. The molecule has 5 atom stereocenters. The van der Waals surface area contributed by atoms with Gasteiger partial charge < -0.3 is 19.7 Å². The molecular formula is C39H49ClN6O9S2. The number of benzene rings is 2. The Morgan fingerprint density at radius 3 is 2.30 bits per heavy atom. The predicted molar refractivity (Wildman–Crippen MR) is 216 cm³/mol. The number of carbonyl (C=O) groups is 3. The average Bonchev–Trinajstić information content (AvgIpc) is 4.08. The molecule has 1 aliphatic heterocycles. The number of ether oxygens (including phenoxy) is 2. The van der Waals surface area contributed by atoms with Crippen LogP contribution in [0.2, 0.25) is 5.02 Å². The summed E-state index contributed by atoms with van der Waals surface area (Å²) in [6, 6.07) is 8.58. The normalized spacial score (nSPS) is 22.8. The van der Waals surface area contributed by atoms with E-state index in [0.717, 1.165) is 14.6 Å². The smallest absolute Gasteiger partial charge is 0.328 e. The van der Waals surface area contributed by atoms with Crippen LogP contribution in [-0.4, -0.2) is 110 Å². The largest absolute Gasteiger partial charge is 0.494 e. The number of halogens is 1. The van der Waals surface area contributed by atoms with Crippen LogP contribution in [-0.2, 0) is 29.6 Å². The summed E-state index contributed by atoms with van der Waals surface area (Å²) in [7, 11) is -3.45. The molecule has 3 fully saturated rings. The molecule has 0 spiro atoms. The molecule has 0 bridgehead atoms. The fourth-order valence-corrected chi connectivity index (χ4v) is 9.67. The van der Waals surface area contributed by atoms with E-state index in [9.17, 15) is 21.6 Å². The molecule has 2 aromatic carbocycles. The fourth-order valence-electron chi connectivity index (χ4n) is 7.23. The number of likely N-dealkylation sites (tertiary alicyclic amines) is 1. The maximum absolute atomic E-state index is 15.2. The number of imide groups is 1. The highest BCUT2D eigenvalue weighted by molar-refractivity contribution is 7.91. The highest BCUT2D eigenvalue weighted by Gasteiger charge is 2.68. The first-order valence-corrected chi connectivity index (χ1v) is 21.9. The van der Waals surface area contributed by atoms with Crippen LogP contribution in [0.1, 0.15) is 53.4 Å². The van der Waals surface area contributed by atoms with Gasteiger partial charge in [-0.15, -0.1) is 6.58 Å². The maximum atomic E-state index is 15.2. The number of fused-ring (bicyclic) bond motifs is 1. The summed E-state index contributed by atoms with van der Waals surface area (Å²) in [6.07, 6.45) is 3.47. The number of carbonyl (C=O) groups excluding carboxylic acids is 3. The van der Waals surface area contributed by atoms with Crippen LogP contribution < -0.4 is 19.5 Å². The molecule has 2 saturated carbocycles. The minimum atomic E-state index is -4.08. The molecule has 1 aromatic heterocycles. The third-order valence-corrected chi connectivity index (χ3v) is 14.7. The summed E-state index contributed by atoms with van der Waals surface area (Å²) in [5.41, 5.74) is -2.43. The lowest BCUT2D eigenvalue weighted by molar-refractivity contribution is -0.141. The van der Waals surface area contributed by atoms with Gasteiger partial charge in [0.1, 0.15) is 23.4 Å². The number of pyridine rings is 1. The van der Waals surface area contributed by atoms with Gasteiger partial charge in [-0.1, -0.05) is 38.4 Å². The van der Waals surface area contributed by atoms with Gasteiger partial charge in [0.25, 0.3) is 11.8 Å². The van der Waals surface area contributed by atoms with E-state index < -0.39 is 78.2 Å². The number of sulfonamides is 2. The highest BCUT2D eigenvalue weighted by atomic mass is 35.5. The topological polar surface area (TPSA) is 185 Å². The van der Waals surface area contributed by atoms with Crippen molar-refractivity contribution in [2.75, 3.05) is 33.1 Å². The third-order valence-electron chi connectivity index (χ3n) is 10.8. The van der Waals surface area contributed by atoms with Crippen molar-refractivity contribution in [3.05, 3.63) is 66.3 Å². The first-order chi connectivity index (χ1) is 26.6. The molecule has 1 saturated heterocycles. The van der Waals surface area contributed by atoms with E-state index in [-0.39, 0.29) is 23.7 Å². The second-order valence-corrected chi connectivity index (χ2v) is 20.7. The van der Waals surface area contributed by atoms with Crippen molar-refractivity contribution < 1.29 is 40.7 Å². The number of amides is 4. The Hall–Kier alpha value is -4.45. The molecule has 1 unspecified atom stereocenters. The van der Waals surface area contributed by atoms with Crippen molar-refractivity contribution in [1.29, 1.82) is 0 Å². The van der Waals surface area contributed by atoms with E-state index in [1.165, 1.54) is 62.6 Å². The average molecular weight is 845 g/mol. The fraction of sp³-hybridized carbons (Fsp3) is 0.487. The van der Waals surface area contributed by atoms with Crippen molar-refractivity contribution in [3.8, 4) is 11.6 Å². The van der Waals surface area contributed by atoms with Crippen molar-refractivity contribution in [2.24, 2.45) is 11.3 Å². The van der Waals surface area contributed by atoms with Crippen LogP contribution in [0.25, 0.3) is 10.8 Å². The summed E-state index contributed by atoms with van der Waals surface area (Å²) >= 11 is 6.34. The zero-order valence-corrected chi connectivity index (χ0v) is 35.4. The van der Waals surface area contributed by atoms with Crippen LogP contribution >= 0.6 is 11.6 Å². The lowest BCUT2D eigenvalue weighted by Crippen LogP contribution is -2.64. The Bertz CT molecular complexity index is 2310. The van der Waals surface area contributed by atoms with Crippen LogP contribution in [0, 0.1) is 11.3 Å². The predicted octanol–water partition coefficient (Wildman–Crippen LogP) is 5.02. The van der Waals surface area contributed by atoms with E-state index in [1.54, 1.807) is 45.9 Å². The van der Waals surface area contributed by atoms with Crippen molar-refractivity contribution in [3.63, 3.8) is 0 Å². The molecule has 3 aliphatic rings. The molecular weight excluding hydrogens is 796 g/mol. The molecule has 4 amide bonds. The summed E-state index contributed by atoms with van der Waals surface area (Å²) in [5, 5.41) is 4.22. The molecule has 6 rings (SSSR count). The van der Waals surface area contributed by atoms with Crippen LogP contribution in [0.4, 0.5) is 10.5 Å². The van der Waals surface area contributed by atoms with E-state index >= 15 is 9.59 Å². The number of hydrogen-bond acceptors (Lipinski definition) is 11. The van der Waals surface area contributed by atoms with Gasteiger partial charge in [0, 0.05) is 54.0 Å². The molecule has 15 nitrogen and oxygen atoms in total. The number of anilines is 1. The Labute approximate surface area is 338 Å². The molecule has 3 aromatic rings. The zero-order valence-electron chi connectivity index (χ0n) is 33.0. The molecule has 2 aliphatic carbocycles. The van der Waals surface area contributed by atoms with E-state index in [0.29, 0.717) is 41.1 Å². The van der Waals surface area contributed by atoms with Gasteiger partial charge in [0.15, 0.2) is 0 Å². The third kappa shape index (κ3) is 8.16. The monoisotopic (exact) mass is 844 g/mol.